The molecule has 2 atom stereocenters. The van der Waals surface area contributed by atoms with Gasteiger partial charge in [-0.05, 0) is 96.5 Å². The minimum atomic E-state index is -0.649. The highest BCUT2D eigenvalue weighted by Gasteiger charge is 2.35. The minimum Gasteiger partial charge on any atom is -0.444 e. The highest BCUT2D eigenvalue weighted by Crippen LogP contribution is 2.31. The van der Waals surface area contributed by atoms with E-state index in [1.165, 1.54) is 21.9 Å². The smallest absolute Gasteiger partial charge is 0.414 e. The van der Waals surface area contributed by atoms with Crippen molar-refractivity contribution in [2.45, 2.75) is 77.4 Å². The molecule has 0 saturated carbocycles. The maximum atomic E-state index is 15.2. The van der Waals surface area contributed by atoms with E-state index in [2.05, 4.69) is 15.1 Å². The summed E-state index contributed by atoms with van der Waals surface area (Å²) in [7, 11) is 7.95. The van der Waals surface area contributed by atoms with Crippen LogP contribution in [0.15, 0.2) is 84.9 Å². The molecule has 20 nitrogen and oxygen atoms in total. The van der Waals surface area contributed by atoms with E-state index in [1.807, 2.05) is 74.4 Å². The maximum absolute atomic E-state index is 15.2. The van der Waals surface area contributed by atoms with Crippen molar-refractivity contribution < 1.29 is 56.6 Å². The quantitative estimate of drug-likeness (QED) is 0.0719. The van der Waals surface area contributed by atoms with Gasteiger partial charge in [0.1, 0.15) is 29.4 Å². The normalized spacial score (nSPS) is 17.3. The van der Waals surface area contributed by atoms with Gasteiger partial charge in [-0.1, -0.05) is 48.5 Å². The van der Waals surface area contributed by atoms with Crippen molar-refractivity contribution in [1.82, 2.24) is 24.9 Å². The Kier molecular flexibility index (Phi) is 22.6. The summed E-state index contributed by atoms with van der Waals surface area (Å²) in [5.41, 5.74) is 9.94. The number of anilines is 4. The van der Waals surface area contributed by atoms with Crippen molar-refractivity contribution in [3.05, 3.63) is 119 Å². The van der Waals surface area contributed by atoms with Crippen molar-refractivity contribution in [2.24, 2.45) is 5.73 Å². The highest BCUT2D eigenvalue weighted by molar-refractivity contribution is 5.99. The van der Waals surface area contributed by atoms with Crippen LogP contribution in [0.25, 0.3) is 0 Å². The number of carbonyl (C=O) groups is 7. The first-order valence-electron chi connectivity index (χ1n) is 27.4. The molecular weight excluding hydrogens is 1080 g/mol. The van der Waals surface area contributed by atoms with Gasteiger partial charge < -0.3 is 54.7 Å². The van der Waals surface area contributed by atoms with Gasteiger partial charge in [-0.15, -0.1) is 12.4 Å². The van der Waals surface area contributed by atoms with Gasteiger partial charge in [0.05, 0.1) is 42.4 Å². The van der Waals surface area contributed by atoms with Gasteiger partial charge in [0.25, 0.3) is 0 Å². The zero-order chi connectivity index (χ0) is 58.5. The predicted octanol–water partition coefficient (Wildman–Crippen LogP) is 6.95. The Bertz CT molecular complexity index is 2880. The number of hydrogen-bond donors (Lipinski definition) is 2. The summed E-state index contributed by atoms with van der Waals surface area (Å²) in [5.74, 6) is -1.22. The van der Waals surface area contributed by atoms with E-state index < -0.39 is 47.7 Å². The Hall–Kier alpha value is -7.40. The fourth-order valence-electron chi connectivity index (χ4n) is 9.81. The summed E-state index contributed by atoms with van der Waals surface area (Å²) < 4.78 is 45.8. The predicted molar refractivity (Wildman–Crippen MR) is 311 cm³/mol. The monoisotopic (exact) mass is 1160 g/mol. The molecule has 3 N–H and O–H groups in total. The molecule has 8 rings (SSSR count). The zero-order valence-corrected chi connectivity index (χ0v) is 48.7. The number of alkyl carbamates (subject to hydrolysis) is 1. The van der Waals surface area contributed by atoms with Gasteiger partial charge in [-0.3, -0.25) is 29.0 Å². The topological polar surface area (TPSA) is 211 Å². The number of hydrogen-bond acceptors (Lipinski definition) is 15. The lowest BCUT2D eigenvalue weighted by atomic mass is 10.0. The van der Waals surface area contributed by atoms with E-state index >= 15 is 4.39 Å². The van der Waals surface area contributed by atoms with Crippen molar-refractivity contribution in [1.29, 1.82) is 0 Å². The number of ketones is 2. The van der Waals surface area contributed by atoms with Crippen LogP contribution in [0, 0.1) is 11.6 Å². The number of carbonyl (C=O) groups excluding carboxylic acids is 7. The van der Waals surface area contributed by atoms with Crippen molar-refractivity contribution in [3.8, 4) is 0 Å². The molecule has 4 aliphatic rings. The second kappa shape index (κ2) is 29.0. The second-order valence-corrected chi connectivity index (χ2v) is 22.1. The number of nitrogens with one attached hydrogen (secondary N) is 1. The number of Topliss-reactive ketones (excluding diaryl/α,β-unsaturated/α-hetero) is 2. The van der Waals surface area contributed by atoms with Crippen LogP contribution in [-0.4, -0.2) is 186 Å². The molecule has 0 spiro atoms. The summed E-state index contributed by atoms with van der Waals surface area (Å²) in [6, 6.07) is 24.2. The number of benzene rings is 4. The third kappa shape index (κ3) is 17.8. The Labute approximate surface area is 484 Å². The van der Waals surface area contributed by atoms with E-state index in [0.29, 0.717) is 92.8 Å². The van der Waals surface area contributed by atoms with Crippen molar-refractivity contribution in [3.63, 3.8) is 0 Å². The van der Waals surface area contributed by atoms with E-state index in [0.717, 1.165) is 24.2 Å². The van der Waals surface area contributed by atoms with Crippen LogP contribution in [0.5, 0.6) is 0 Å². The lowest BCUT2D eigenvalue weighted by molar-refractivity contribution is -0.132. The lowest BCUT2D eigenvalue weighted by Gasteiger charge is -2.36. The molecular formula is C59H77ClF2N10O10. The average molecular weight is 1160 g/mol. The third-order valence-corrected chi connectivity index (χ3v) is 14.0. The molecule has 0 aliphatic carbocycles. The largest absolute Gasteiger partial charge is 0.444 e. The molecule has 4 aromatic rings. The van der Waals surface area contributed by atoms with Gasteiger partial charge in [-0.25, -0.2) is 23.2 Å². The number of nitrogens with two attached hydrogens (primary N) is 1. The Morgan fingerprint density at radius 3 is 1.34 bits per heavy atom. The van der Waals surface area contributed by atoms with Crippen LogP contribution in [0.2, 0.25) is 0 Å². The summed E-state index contributed by atoms with van der Waals surface area (Å²) in [4.78, 5) is 101. The van der Waals surface area contributed by atoms with E-state index in [-0.39, 0.29) is 81.1 Å². The fourth-order valence-corrected chi connectivity index (χ4v) is 9.81. The Morgan fingerprint density at radius 1 is 0.598 bits per heavy atom. The van der Waals surface area contributed by atoms with Crippen LogP contribution >= 0.6 is 12.4 Å². The van der Waals surface area contributed by atoms with Crippen LogP contribution in [0.3, 0.4) is 0 Å². The molecule has 5 amide bonds. The molecule has 4 aliphatic heterocycles. The number of cyclic esters (lactones) is 2. The number of halogens is 3. The van der Waals surface area contributed by atoms with E-state index in [4.69, 9.17) is 19.9 Å². The molecule has 23 heteroatoms. The number of rotatable bonds is 19. The van der Waals surface area contributed by atoms with Crippen LogP contribution in [0.4, 0.5) is 45.9 Å². The third-order valence-electron chi connectivity index (χ3n) is 14.0. The van der Waals surface area contributed by atoms with E-state index in [1.54, 1.807) is 67.0 Å². The summed E-state index contributed by atoms with van der Waals surface area (Å²) in [6.45, 7) is 11.1. The molecule has 4 fully saturated rings. The van der Waals surface area contributed by atoms with Crippen LogP contribution in [-0.2, 0) is 36.9 Å². The second-order valence-electron chi connectivity index (χ2n) is 22.1. The highest BCUT2D eigenvalue weighted by atomic mass is 35.5. The maximum Gasteiger partial charge on any atom is 0.414 e. The number of piperazine rings is 2. The number of nitrogens with zero attached hydrogens (tertiary/aromatic N) is 8. The summed E-state index contributed by atoms with van der Waals surface area (Å²) in [5, 5.41) is 2.58. The van der Waals surface area contributed by atoms with Gasteiger partial charge in [0.2, 0.25) is 11.8 Å². The number of amides is 5. The average Bonchev–Trinajstić information content (AvgIpc) is 4.17. The SMILES string of the molecule is CN(C)Cc1ccc(C(=O)CCC(=O)N2CCN(c3ccc(N4C[C@H](CN)OC4=O)cc3F)CC2)cc1.CN(C)Cc1ccc(C(=O)CCC(=O)N2CCN(c3ccc(N4C[C@H](CNC(=O)OC(C)(C)C)OC4=O)cc3F)CC2)cc1.Cl. The minimum absolute atomic E-state index is 0. The first-order valence-corrected chi connectivity index (χ1v) is 27.4. The van der Waals surface area contributed by atoms with E-state index in [9.17, 15) is 38.0 Å². The van der Waals surface area contributed by atoms with Gasteiger partial charge in [0.15, 0.2) is 11.6 Å². The summed E-state index contributed by atoms with van der Waals surface area (Å²) in [6.07, 6.45) is -2.20. The molecule has 82 heavy (non-hydrogen) atoms. The first kappa shape index (κ1) is 63.8. The molecule has 4 saturated heterocycles. The lowest BCUT2D eigenvalue weighted by Crippen LogP contribution is -2.49. The molecule has 0 aromatic heterocycles. The Balaban J connectivity index is 0.000000264. The molecule has 444 valence electrons. The summed E-state index contributed by atoms with van der Waals surface area (Å²) >= 11 is 0. The Morgan fingerprint density at radius 2 is 0.988 bits per heavy atom. The fraction of sp³-hybridized carbons (Fsp3) is 0.475. The van der Waals surface area contributed by atoms with Gasteiger partial charge in [0, 0.05) is 109 Å². The molecule has 0 bridgehead atoms. The molecule has 4 aromatic carbocycles. The van der Waals surface area contributed by atoms with Crippen molar-refractivity contribution in [2.75, 3.05) is 126 Å². The number of ether oxygens (including phenoxy) is 3. The van der Waals surface area contributed by atoms with Crippen LogP contribution in [0.1, 0.15) is 78.3 Å². The standard InChI is InChI=1S/C32H42FN5O6.C27H34FN5O4.ClH/c1-32(2,3)44-30(41)34-19-25-21-38(31(42)43-25)24-10-11-27(26(33)18-24)36-14-16-37(17-15-36)29(40)13-12-28(39)23-8-6-22(7-9-23)20-35(4)5;1-30(2)17-19-3-5-20(6-4-19)25(34)9-10-26(35)32-13-11-31(12-14-32)24-8-7-21(15-23(24)28)33-18-22(16-29)37-27(33)36;/h6-11,18,25H,12-17,19-21H2,1-5H3,(H,34,41);3-8,15,22H,9-14,16-18,29H2,1-2H3;1H/t25-;22-;/m00./s1. The van der Waals surface area contributed by atoms with Crippen LogP contribution < -0.4 is 30.7 Å². The zero-order valence-electron chi connectivity index (χ0n) is 47.9. The molecule has 0 unspecified atom stereocenters. The van der Waals surface area contributed by atoms with Gasteiger partial charge >= 0.3 is 18.3 Å². The first-order chi connectivity index (χ1) is 38.5. The van der Waals surface area contributed by atoms with Gasteiger partial charge in [-0.2, -0.15) is 0 Å². The molecule has 0 radical (unpaired) electrons. The molecule has 4 heterocycles. The van der Waals surface area contributed by atoms with Crippen molar-refractivity contribution >= 4 is 76.8 Å².